The number of hydrogen-bond donors (Lipinski definition) is 0. The van der Waals surface area contributed by atoms with Crippen LogP contribution in [0.2, 0.25) is 0 Å². The molecule has 0 spiro atoms. The van der Waals surface area contributed by atoms with E-state index in [0.717, 1.165) is 44.7 Å². The minimum Gasteiger partial charge on any atom is -0.368 e. The van der Waals surface area contributed by atoms with Crippen molar-refractivity contribution in [3.63, 3.8) is 0 Å². The highest BCUT2D eigenvalue weighted by Gasteiger charge is 2.40. The number of anilines is 1. The van der Waals surface area contributed by atoms with E-state index in [0.29, 0.717) is 10.8 Å². The molecular weight excluding hydrogens is 487 g/mol. The first-order valence-corrected chi connectivity index (χ1v) is 14.5. The molecule has 0 N–H and O–H groups in total. The average Bonchev–Trinajstić information content (AvgIpc) is 2.81. The van der Waals surface area contributed by atoms with Crippen LogP contribution in [0.25, 0.3) is 0 Å². The molecule has 2 fully saturated rings. The van der Waals surface area contributed by atoms with E-state index >= 15 is 0 Å². The van der Waals surface area contributed by atoms with E-state index < -0.39 is 22.6 Å². The molecular formula is C27H36F3N3O2S. The smallest absolute Gasteiger partial charge is 0.368 e. The van der Waals surface area contributed by atoms with Crippen molar-refractivity contribution in [2.75, 3.05) is 43.9 Å². The molecule has 0 unspecified atom stereocenters. The number of hydrogen-bond acceptors (Lipinski definition) is 5. The maximum Gasteiger partial charge on any atom is 0.401 e. The number of piperazine rings is 1. The molecule has 0 saturated carbocycles. The van der Waals surface area contributed by atoms with Crippen LogP contribution in [-0.2, 0) is 9.84 Å². The highest BCUT2D eigenvalue weighted by atomic mass is 32.2. The molecule has 198 valence electrons. The van der Waals surface area contributed by atoms with Gasteiger partial charge in [0, 0.05) is 50.2 Å². The topological polar surface area (TPSA) is 43.9 Å². The van der Waals surface area contributed by atoms with E-state index in [9.17, 15) is 21.6 Å². The third-order valence-electron chi connectivity index (χ3n) is 7.62. The molecule has 4 atom stereocenters. The molecule has 0 bridgehead atoms. The fraction of sp³-hybridized carbons (Fsp3) is 0.556. The van der Waals surface area contributed by atoms with Gasteiger partial charge in [-0.1, -0.05) is 36.4 Å². The number of nitrogens with zero attached hydrogens (tertiary/aromatic N) is 3. The van der Waals surface area contributed by atoms with Gasteiger partial charge in [0.15, 0.2) is 9.84 Å². The van der Waals surface area contributed by atoms with E-state index in [-0.39, 0.29) is 18.1 Å². The van der Waals surface area contributed by atoms with E-state index in [1.54, 1.807) is 23.1 Å². The van der Waals surface area contributed by atoms with Crippen LogP contribution in [0.4, 0.5) is 18.9 Å². The van der Waals surface area contributed by atoms with Crippen LogP contribution in [0.3, 0.4) is 0 Å². The maximum absolute atomic E-state index is 13.1. The first-order valence-electron chi connectivity index (χ1n) is 12.6. The lowest BCUT2D eigenvalue weighted by Gasteiger charge is -2.47. The summed E-state index contributed by atoms with van der Waals surface area (Å²) in [6, 6.07) is 17.3. The lowest BCUT2D eigenvalue weighted by molar-refractivity contribution is -0.161. The summed E-state index contributed by atoms with van der Waals surface area (Å²) in [4.78, 5) is 6.61. The van der Waals surface area contributed by atoms with Gasteiger partial charge < -0.3 is 4.90 Å². The highest BCUT2D eigenvalue weighted by Crippen LogP contribution is 2.35. The van der Waals surface area contributed by atoms with Crippen LogP contribution in [0.5, 0.6) is 0 Å². The van der Waals surface area contributed by atoms with Gasteiger partial charge in [0.25, 0.3) is 0 Å². The zero-order valence-electron chi connectivity index (χ0n) is 21.2. The number of halogens is 3. The third kappa shape index (κ3) is 6.61. The predicted molar refractivity (Wildman–Crippen MR) is 137 cm³/mol. The molecule has 0 amide bonds. The second kappa shape index (κ2) is 10.7. The van der Waals surface area contributed by atoms with Crippen molar-refractivity contribution in [1.82, 2.24) is 9.80 Å². The number of alkyl halides is 3. The molecule has 36 heavy (non-hydrogen) atoms. The number of piperidine rings is 1. The summed E-state index contributed by atoms with van der Waals surface area (Å²) in [6.07, 6.45) is -1.46. The molecule has 0 aliphatic carbocycles. The first kappa shape index (κ1) is 26.9. The quantitative estimate of drug-likeness (QED) is 0.533. The minimum absolute atomic E-state index is 0.112. The Bertz CT molecular complexity index is 1110. The van der Waals surface area contributed by atoms with Gasteiger partial charge in [-0.25, -0.2) is 8.42 Å². The number of likely N-dealkylation sites (tertiary alicyclic amines) is 1. The highest BCUT2D eigenvalue weighted by molar-refractivity contribution is 7.90. The molecule has 2 aromatic carbocycles. The summed E-state index contributed by atoms with van der Waals surface area (Å²) in [5.74, 6) is 0.325. The summed E-state index contributed by atoms with van der Waals surface area (Å²) < 4.78 is 63.4. The Hall–Kier alpha value is -2.10. The van der Waals surface area contributed by atoms with E-state index in [1.165, 1.54) is 11.8 Å². The molecule has 5 nitrogen and oxygen atoms in total. The Morgan fingerprint density at radius 2 is 1.61 bits per heavy atom. The molecule has 2 aromatic rings. The van der Waals surface area contributed by atoms with Gasteiger partial charge in [-0.15, -0.1) is 0 Å². The largest absolute Gasteiger partial charge is 0.401 e. The van der Waals surface area contributed by atoms with Gasteiger partial charge in [0.2, 0.25) is 0 Å². The Kier molecular flexibility index (Phi) is 8.02. The van der Waals surface area contributed by atoms with Crippen molar-refractivity contribution < 1.29 is 21.6 Å². The summed E-state index contributed by atoms with van der Waals surface area (Å²) >= 11 is 0. The maximum atomic E-state index is 13.1. The fourth-order valence-corrected chi connectivity index (χ4v) is 6.60. The van der Waals surface area contributed by atoms with E-state index in [4.69, 9.17) is 0 Å². The SMILES string of the molecule is C[C@@H]1C[C@@H](CN2CCN(c3cccc(S(C)(=O)=O)c3)C[C@@H]2c2ccccc2)C[C@H](C)N1CC(F)(F)F. The Morgan fingerprint density at radius 1 is 0.944 bits per heavy atom. The van der Waals surface area contributed by atoms with Crippen molar-refractivity contribution in [2.45, 2.75) is 55.9 Å². The zero-order valence-corrected chi connectivity index (χ0v) is 22.0. The summed E-state index contributed by atoms with van der Waals surface area (Å²) in [5, 5.41) is 0. The second-order valence-corrected chi connectivity index (χ2v) is 12.5. The van der Waals surface area contributed by atoms with Crippen LogP contribution < -0.4 is 4.90 Å². The second-order valence-electron chi connectivity index (χ2n) is 10.5. The molecule has 0 aromatic heterocycles. The van der Waals surface area contributed by atoms with Crippen molar-refractivity contribution >= 4 is 15.5 Å². The van der Waals surface area contributed by atoms with Gasteiger partial charge in [-0.2, -0.15) is 13.2 Å². The average molecular weight is 524 g/mol. The lowest BCUT2D eigenvalue weighted by atomic mass is 9.86. The van der Waals surface area contributed by atoms with Crippen LogP contribution in [-0.4, -0.2) is 75.5 Å². The van der Waals surface area contributed by atoms with E-state index in [2.05, 4.69) is 21.9 Å². The molecule has 2 heterocycles. The van der Waals surface area contributed by atoms with E-state index in [1.807, 2.05) is 38.1 Å². The summed E-state index contributed by atoms with van der Waals surface area (Å²) in [5.41, 5.74) is 2.08. The van der Waals surface area contributed by atoms with Crippen molar-refractivity contribution in [2.24, 2.45) is 5.92 Å². The zero-order chi connectivity index (χ0) is 26.1. The van der Waals surface area contributed by atoms with Crippen LogP contribution >= 0.6 is 0 Å². The number of rotatable bonds is 6. The van der Waals surface area contributed by atoms with Crippen molar-refractivity contribution in [3.8, 4) is 0 Å². The molecule has 2 aliphatic heterocycles. The van der Waals surface area contributed by atoms with Crippen LogP contribution in [0, 0.1) is 5.92 Å². The van der Waals surface area contributed by atoms with Gasteiger partial charge >= 0.3 is 6.18 Å². The lowest BCUT2D eigenvalue weighted by Crippen LogP contribution is -2.54. The standard InChI is InChI=1S/C27H36F3N3O2S/c1-20-14-22(15-21(2)33(20)19-27(28,29)30)17-32-13-12-31(18-26(32)23-8-5-4-6-9-23)24-10-7-11-25(16-24)36(3,34)35/h4-11,16,20-22,26H,12-15,17-19H2,1-3H3/t20-,21+,22-,26-/m1/s1. The van der Waals surface area contributed by atoms with Crippen LogP contribution in [0.1, 0.15) is 38.3 Å². The molecule has 9 heteroatoms. The number of benzene rings is 2. The Balaban J connectivity index is 1.51. The first-order chi connectivity index (χ1) is 16.9. The monoisotopic (exact) mass is 523 g/mol. The molecule has 2 aliphatic rings. The molecule has 2 saturated heterocycles. The van der Waals surface area contributed by atoms with Gasteiger partial charge in [-0.05, 0) is 56.4 Å². The van der Waals surface area contributed by atoms with Gasteiger partial charge in [0.1, 0.15) is 0 Å². The van der Waals surface area contributed by atoms with Gasteiger partial charge in [-0.3, -0.25) is 9.80 Å². The fourth-order valence-electron chi connectivity index (χ4n) is 5.94. The number of sulfone groups is 1. The summed E-state index contributed by atoms with van der Waals surface area (Å²) in [6.45, 7) is 6.09. The van der Waals surface area contributed by atoms with Crippen molar-refractivity contribution in [3.05, 3.63) is 60.2 Å². The Morgan fingerprint density at radius 3 is 2.22 bits per heavy atom. The minimum atomic E-state index is -4.18. The Labute approximate surface area is 212 Å². The normalized spacial score (nSPS) is 26.8. The predicted octanol–water partition coefficient (Wildman–Crippen LogP) is 5.00. The summed E-state index contributed by atoms with van der Waals surface area (Å²) in [7, 11) is -3.30. The molecule has 0 radical (unpaired) electrons. The molecule has 4 rings (SSSR count). The third-order valence-corrected chi connectivity index (χ3v) is 8.73. The van der Waals surface area contributed by atoms with Crippen molar-refractivity contribution in [1.29, 1.82) is 0 Å². The van der Waals surface area contributed by atoms with Crippen LogP contribution in [0.15, 0.2) is 59.5 Å². The van der Waals surface area contributed by atoms with Gasteiger partial charge in [0.05, 0.1) is 17.5 Å².